The van der Waals surface area contributed by atoms with E-state index in [1.54, 1.807) is 7.11 Å². The fourth-order valence-electron chi connectivity index (χ4n) is 1.27. The molecule has 0 aliphatic carbocycles. The number of hydroxylamine groups is 1. The molecule has 1 amide bonds. The van der Waals surface area contributed by atoms with Gasteiger partial charge in [0, 0.05) is 12.0 Å². The molecule has 0 aliphatic rings. The third-order valence-corrected chi connectivity index (χ3v) is 3.27. The Hall–Kier alpha value is -0.910. The van der Waals surface area contributed by atoms with Gasteiger partial charge in [0.25, 0.3) is 5.91 Å². The fourth-order valence-corrected chi connectivity index (χ4v) is 2.27. The predicted molar refractivity (Wildman–Crippen MR) is 63.7 cm³/mol. The second kappa shape index (κ2) is 6.62. The Kier molecular flexibility index (Phi) is 5.45. The van der Waals surface area contributed by atoms with E-state index in [9.17, 15) is 4.79 Å². The van der Waals surface area contributed by atoms with Crippen LogP contribution in [0.5, 0.6) is 0 Å². The molecule has 16 heavy (non-hydrogen) atoms. The van der Waals surface area contributed by atoms with Crippen molar-refractivity contribution in [2.75, 3.05) is 20.3 Å². The van der Waals surface area contributed by atoms with E-state index in [0.29, 0.717) is 18.1 Å². The van der Waals surface area contributed by atoms with Crippen LogP contribution in [0.1, 0.15) is 27.0 Å². The Balaban J connectivity index is 2.46. The van der Waals surface area contributed by atoms with Crippen molar-refractivity contribution < 1.29 is 14.4 Å². The van der Waals surface area contributed by atoms with Crippen molar-refractivity contribution in [1.29, 1.82) is 0 Å². The summed E-state index contributed by atoms with van der Waals surface area (Å²) >= 11 is 1.49. The highest BCUT2D eigenvalue weighted by Gasteiger charge is 2.11. The van der Waals surface area contributed by atoms with E-state index in [-0.39, 0.29) is 5.91 Å². The molecule has 90 valence electrons. The molecule has 5 heteroatoms. The summed E-state index contributed by atoms with van der Waals surface area (Å²) in [5.41, 5.74) is 3.60. The molecular formula is C11H17NO3S. The maximum absolute atomic E-state index is 11.6. The lowest BCUT2D eigenvalue weighted by Gasteiger charge is -2.03. The molecule has 0 saturated carbocycles. The van der Waals surface area contributed by atoms with Crippen molar-refractivity contribution in [2.24, 2.45) is 0 Å². The van der Waals surface area contributed by atoms with E-state index >= 15 is 0 Å². The first-order valence-corrected chi connectivity index (χ1v) is 6.01. The molecule has 0 radical (unpaired) electrons. The summed E-state index contributed by atoms with van der Waals surface area (Å²) in [7, 11) is 1.58. The summed E-state index contributed by atoms with van der Waals surface area (Å²) in [5, 5.41) is 0. The van der Waals surface area contributed by atoms with Gasteiger partial charge < -0.3 is 4.74 Å². The fraction of sp³-hybridized carbons (Fsp3) is 0.545. The highest BCUT2D eigenvalue weighted by Crippen LogP contribution is 2.21. The number of thiophene rings is 1. The molecule has 4 nitrogen and oxygen atoms in total. The van der Waals surface area contributed by atoms with Crippen LogP contribution >= 0.6 is 11.3 Å². The van der Waals surface area contributed by atoms with Crippen molar-refractivity contribution in [3.63, 3.8) is 0 Å². The zero-order valence-corrected chi connectivity index (χ0v) is 10.6. The number of carbonyl (C=O) groups excluding carboxylic acids is 1. The van der Waals surface area contributed by atoms with E-state index in [1.165, 1.54) is 21.8 Å². The topological polar surface area (TPSA) is 47.6 Å². The van der Waals surface area contributed by atoms with Crippen LogP contribution in [-0.4, -0.2) is 26.2 Å². The molecule has 1 aromatic heterocycles. The molecule has 1 heterocycles. The molecule has 0 spiro atoms. The van der Waals surface area contributed by atoms with Crippen molar-refractivity contribution in [3.05, 3.63) is 21.4 Å². The van der Waals surface area contributed by atoms with Crippen molar-refractivity contribution >= 4 is 17.2 Å². The minimum atomic E-state index is -0.191. The highest BCUT2D eigenvalue weighted by molar-refractivity contribution is 7.14. The van der Waals surface area contributed by atoms with Crippen molar-refractivity contribution in [1.82, 2.24) is 5.48 Å². The lowest BCUT2D eigenvalue weighted by Crippen LogP contribution is -2.24. The Morgan fingerprint density at radius 2 is 2.25 bits per heavy atom. The summed E-state index contributed by atoms with van der Waals surface area (Å²) < 4.78 is 4.80. The zero-order chi connectivity index (χ0) is 12.0. The van der Waals surface area contributed by atoms with Gasteiger partial charge in [-0.05, 0) is 25.0 Å². The van der Waals surface area contributed by atoms with Crippen molar-refractivity contribution in [2.45, 2.75) is 20.3 Å². The number of methoxy groups -OCH3 is 1. The molecule has 0 aromatic carbocycles. The van der Waals surface area contributed by atoms with Crippen LogP contribution in [0.4, 0.5) is 0 Å². The maximum atomic E-state index is 11.6. The van der Waals surface area contributed by atoms with Crippen LogP contribution in [0.25, 0.3) is 0 Å². The first-order chi connectivity index (χ1) is 7.69. The van der Waals surface area contributed by atoms with E-state index in [1.807, 2.05) is 13.0 Å². The van der Waals surface area contributed by atoms with Crippen LogP contribution in [0.15, 0.2) is 6.07 Å². The molecule has 0 unspecified atom stereocenters. The molecule has 1 N–H and O–H groups in total. The van der Waals surface area contributed by atoms with Gasteiger partial charge in [-0.25, -0.2) is 5.48 Å². The number of hydrogen-bond acceptors (Lipinski definition) is 4. The first kappa shape index (κ1) is 13.2. The Bertz CT molecular complexity index is 349. The van der Waals surface area contributed by atoms with E-state index in [0.717, 1.165) is 6.42 Å². The lowest BCUT2D eigenvalue weighted by molar-refractivity contribution is 0.00914. The molecule has 1 rings (SSSR count). The molecule has 1 aromatic rings. The van der Waals surface area contributed by atoms with E-state index in [4.69, 9.17) is 9.57 Å². The summed E-state index contributed by atoms with van der Waals surface area (Å²) in [6.07, 6.45) is 0.945. The minimum absolute atomic E-state index is 0.191. The molecule has 0 aliphatic heterocycles. The second-order valence-electron chi connectivity index (χ2n) is 3.32. The molecule has 0 fully saturated rings. The van der Waals surface area contributed by atoms with Gasteiger partial charge in [0.15, 0.2) is 0 Å². The number of nitrogens with one attached hydrogen (secondary N) is 1. The first-order valence-electron chi connectivity index (χ1n) is 5.19. The number of rotatable bonds is 6. The molecule has 0 saturated heterocycles. The number of amides is 1. The standard InChI is InChI=1S/C11H17NO3S/c1-4-9-7-10(16-8(9)2)11(13)12-15-6-5-14-3/h7H,4-6H2,1-3H3,(H,12,13). The van der Waals surface area contributed by atoms with Crippen LogP contribution in [0, 0.1) is 6.92 Å². The Morgan fingerprint density at radius 3 is 2.81 bits per heavy atom. The quantitative estimate of drug-likeness (QED) is 0.613. The molecule has 0 atom stereocenters. The lowest BCUT2D eigenvalue weighted by atomic mass is 10.2. The SMILES string of the molecule is CCc1cc(C(=O)NOCCOC)sc1C. The van der Waals surface area contributed by atoms with Crippen molar-refractivity contribution in [3.8, 4) is 0 Å². The molecular weight excluding hydrogens is 226 g/mol. The van der Waals surface area contributed by atoms with Crippen LogP contribution in [0.3, 0.4) is 0 Å². The summed E-state index contributed by atoms with van der Waals surface area (Å²) in [6.45, 7) is 4.91. The third-order valence-electron chi connectivity index (χ3n) is 2.18. The number of carbonyl (C=O) groups is 1. The van der Waals surface area contributed by atoms with Gasteiger partial charge >= 0.3 is 0 Å². The summed E-state index contributed by atoms with van der Waals surface area (Å²) in [6, 6.07) is 1.91. The van der Waals surface area contributed by atoms with E-state index in [2.05, 4.69) is 12.4 Å². The second-order valence-corrected chi connectivity index (χ2v) is 4.57. The maximum Gasteiger partial charge on any atom is 0.284 e. The number of hydrogen-bond donors (Lipinski definition) is 1. The van der Waals surface area contributed by atoms with Gasteiger partial charge in [-0.2, -0.15) is 0 Å². The van der Waals surface area contributed by atoms with Gasteiger partial charge in [-0.15, -0.1) is 11.3 Å². The number of aryl methyl sites for hydroxylation is 2. The smallest absolute Gasteiger partial charge is 0.284 e. The van der Waals surface area contributed by atoms with Crippen LogP contribution in [-0.2, 0) is 16.0 Å². The van der Waals surface area contributed by atoms with Crippen LogP contribution in [0.2, 0.25) is 0 Å². The molecule has 0 bridgehead atoms. The van der Waals surface area contributed by atoms with Gasteiger partial charge in [0.1, 0.15) is 0 Å². The van der Waals surface area contributed by atoms with Gasteiger partial charge in [0.2, 0.25) is 0 Å². The van der Waals surface area contributed by atoms with E-state index < -0.39 is 0 Å². The summed E-state index contributed by atoms with van der Waals surface area (Å²) in [5.74, 6) is -0.191. The predicted octanol–water partition coefficient (Wildman–Crippen LogP) is 1.93. The summed E-state index contributed by atoms with van der Waals surface area (Å²) in [4.78, 5) is 18.4. The number of ether oxygens (including phenoxy) is 1. The zero-order valence-electron chi connectivity index (χ0n) is 9.83. The average Bonchev–Trinajstić information content (AvgIpc) is 2.66. The monoisotopic (exact) mass is 243 g/mol. The minimum Gasteiger partial charge on any atom is -0.382 e. The van der Waals surface area contributed by atoms with Gasteiger partial charge in [-0.1, -0.05) is 6.92 Å². The largest absolute Gasteiger partial charge is 0.382 e. The Labute approximate surface area is 99.5 Å². The third kappa shape index (κ3) is 3.59. The van der Waals surface area contributed by atoms with Crippen LogP contribution < -0.4 is 5.48 Å². The highest BCUT2D eigenvalue weighted by atomic mass is 32.1. The normalized spacial score (nSPS) is 10.4. The average molecular weight is 243 g/mol. The Morgan fingerprint density at radius 1 is 1.50 bits per heavy atom. The van der Waals surface area contributed by atoms with Gasteiger partial charge in [0.05, 0.1) is 18.1 Å². The van der Waals surface area contributed by atoms with Gasteiger partial charge in [-0.3, -0.25) is 9.63 Å².